The first kappa shape index (κ1) is 13.7. The molecule has 0 atom stereocenters. The highest BCUT2D eigenvalue weighted by Gasteiger charge is 2.27. The van der Waals surface area contributed by atoms with E-state index in [4.69, 9.17) is 0 Å². The second-order valence-electron chi connectivity index (χ2n) is 6.37. The molecule has 0 N–H and O–H groups in total. The molecule has 0 saturated heterocycles. The molecule has 1 aromatic heterocycles. The van der Waals surface area contributed by atoms with Gasteiger partial charge in [0.1, 0.15) is 0 Å². The molecule has 0 unspecified atom stereocenters. The molecule has 0 spiro atoms. The average molecular weight is 234 g/mol. The largest absolute Gasteiger partial charge is 0.270 e. The first-order chi connectivity index (χ1) is 7.57. The van der Waals surface area contributed by atoms with Gasteiger partial charge in [0.05, 0.1) is 11.4 Å². The van der Waals surface area contributed by atoms with E-state index in [9.17, 15) is 4.79 Å². The molecule has 1 rings (SSSR count). The van der Waals surface area contributed by atoms with Crippen LogP contribution in [-0.2, 0) is 10.8 Å². The second-order valence-corrected chi connectivity index (χ2v) is 6.37. The maximum absolute atomic E-state index is 11.8. The van der Waals surface area contributed by atoms with Crippen LogP contribution in [0.15, 0.2) is 18.7 Å². The first-order valence-electron chi connectivity index (χ1n) is 5.85. The molecule has 0 aliphatic rings. The minimum absolute atomic E-state index is 0.0628. The summed E-state index contributed by atoms with van der Waals surface area (Å²) in [7, 11) is 0. The fraction of sp³-hybridized carbons (Fsp3) is 0.571. The van der Waals surface area contributed by atoms with Gasteiger partial charge in [-0.25, -0.2) is 4.68 Å². The van der Waals surface area contributed by atoms with Crippen molar-refractivity contribution in [2.75, 3.05) is 0 Å². The van der Waals surface area contributed by atoms with Crippen molar-refractivity contribution in [1.82, 2.24) is 9.78 Å². The molecule has 17 heavy (non-hydrogen) atoms. The molecule has 1 heterocycles. The highest BCUT2D eigenvalue weighted by atomic mass is 16.2. The summed E-state index contributed by atoms with van der Waals surface area (Å²) in [6.45, 7) is 16.0. The van der Waals surface area contributed by atoms with Crippen molar-refractivity contribution in [1.29, 1.82) is 0 Å². The molecule has 3 nitrogen and oxygen atoms in total. The molecular weight excluding hydrogens is 212 g/mol. The highest BCUT2D eigenvalue weighted by Crippen LogP contribution is 2.28. The quantitative estimate of drug-likeness (QED) is 0.699. The minimum atomic E-state index is -0.176. The van der Waals surface area contributed by atoms with Gasteiger partial charge in [0, 0.05) is 10.8 Å². The maximum atomic E-state index is 11.8. The van der Waals surface area contributed by atoms with E-state index in [1.165, 1.54) is 10.8 Å². The molecular formula is C14H22N2O. The van der Waals surface area contributed by atoms with Crippen LogP contribution in [0.5, 0.6) is 0 Å². The molecule has 0 aromatic carbocycles. The lowest BCUT2D eigenvalue weighted by Gasteiger charge is -2.18. The Kier molecular flexibility index (Phi) is 3.33. The van der Waals surface area contributed by atoms with E-state index in [2.05, 4.69) is 53.2 Å². The Bertz CT molecular complexity index is 442. The molecule has 0 amide bonds. The Labute approximate surface area is 104 Å². The van der Waals surface area contributed by atoms with E-state index in [1.54, 1.807) is 0 Å². The first-order valence-corrected chi connectivity index (χ1v) is 5.85. The van der Waals surface area contributed by atoms with Crippen LogP contribution >= 0.6 is 0 Å². The predicted molar refractivity (Wildman–Crippen MR) is 70.5 cm³/mol. The summed E-state index contributed by atoms with van der Waals surface area (Å²) in [5.74, 6) is -0.176. The summed E-state index contributed by atoms with van der Waals surface area (Å²) >= 11 is 0. The van der Waals surface area contributed by atoms with Crippen molar-refractivity contribution in [3.05, 3.63) is 30.1 Å². The van der Waals surface area contributed by atoms with Gasteiger partial charge >= 0.3 is 0 Å². The number of nitrogens with zero attached hydrogens (tertiary/aromatic N) is 2. The predicted octanol–water partition coefficient (Wildman–Crippen LogP) is 3.30. The number of carbonyl (C=O) groups is 1. The molecule has 0 radical (unpaired) electrons. The van der Waals surface area contributed by atoms with E-state index < -0.39 is 0 Å². The van der Waals surface area contributed by atoms with Crippen molar-refractivity contribution in [3.63, 3.8) is 0 Å². The smallest absolute Gasteiger partial charge is 0.267 e. The normalized spacial score (nSPS) is 12.6. The van der Waals surface area contributed by atoms with Gasteiger partial charge in [-0.3, -0.25) is 4.79 Å². The number of hydrogen-bond acceptors (Lipinski definition) is 2. The Balaban J connectivity index is 3.42. The molecule has 0 aliphatic carbocycles. The van der Waals surface area contributed by atoms with Gasteiger partial charge in [0.2, 0.25) is 0 Å². The zero-order valence-corrected chi connectivity index (χ0v) is 11.7. The average Bonchev–Trinajstić information content (AvgIpc) is 2.59. The molecule has 0 saturated carbocycles. The van der Waals surface area contributed by atoms with Crippen LogP contribution in [-0.4, -0.2) is 15.7 Å². The lowest BCUT2D eigenvalue weighted by atomic mass is 9.88. The third-order valence-electron chi connectivity index (χ3n) is 2.63. The van der Waals surface area contributed by atoms with E-state index in [1.807, 2.05) is 6.07 Å². The van der Waals surface area contributed by atoms with Crippen LogP contribution in [0.25, 0.3) is 0 Å². The third-order valence-corrected chi connectivity index (χ3v) is 2.63. The van der Waals surface area contributed by atoms with Gasteiger partial charge in [-0.2, -0.15) is 5.10 Å². The van der Waals surface area contributed by atoms with Crippen molar-refractivity contribution in [2.45, 2.75) is 52.4 Å². The number of aromatic nitrogens is 2. The van der Waals surface area contributed by atoms with E-state index in [0.29, 0.717) is 0 Å². The van der Waals surface area contributed by atoms with Gasteiger partial charge in [-0.15, -0.1) is 0 Å². The van der Waals surface area contributed by atoms with E-state index in [-0.39, 0.29) is 16.7 Å². The number of hydrogen-bond donors (Lipinski definition) is 0. The van der Waals surface area contributed by atoms with Crippen LogP contribution < -0.4 is 0 Å². The summed E-state index contributed by atoms with van der Waals surface area (Å²) in [6, 6.07) is 2.02. The summed E-state index contributed by atoms with van der Waals surface area (Å²) in [5.41, 5.74) is 1.67. The van der Waals surface area contributed by atoms with Crippen LogP contribution in [0.1, 0.15) is 57.7 Å². The Morgan fingerprint density at radius 1 is 1.24 bits per heavy atom. The summed E-state index contributed by atoms with van der Waals surface area (Å²) in [6.07, 6.45) is 1.30. The van der Waals surface area contributed by atoms with Gasteiger partial charge in [-0.05, 0) is 12.1 Å². The number of allylic oxidation sites excluding steroid dienone is 1. The van der Waals surface area contributed by atoms with Crippen LogP contribution in [0.4, 0.5) is 0 Å². The summed E-state index contributed by atoms with van der Waals surface area (Å²) < 4.78 is 1.47. The molecule has 0 bridgehead atoms. The number of rotatable bonds is 1. The highest BCUT2D eigenvalue weighted by molar-refractivity contribution is 5.89. The fourth-order valence-electron chi connectivity index (χ4n) is 1.54. The van der Waals surface area contributed by atoms with Crippen LogP contribution in [0.3, 0.4) is 0 Å². The van der Waals surface area contributed by atoms with E-state index >= 15 is 0 Å². The third kappa shape index (κ3) is 2.84. The minimum Gasteiger partial charge on any atom is -0.267 e. The lowest BCUT2D eigenvalue weighted by molar-refractivity contribution is 0.0946. The fourth-order valence-corrected chi connectivity index (χ4v) is 1.54. The van der Waals surface area contributed by atoms with Crippen LogP contribution in [0.2, 0.25) is 0 Å². The Morgan fingerprint density at radius 2 is 1.76 bits per heavy atom. The zero-order chi connectivity index (χ0) is 13.4. The maximum Gasteiger partial charge on any atom is 0.270 e. The number of carbonyl (C=O) groups excluding carboxylic acids is 1. The van der Waals surface area contributed by atoms with Crippen molar-refractivity contribution >= 4 is 5.91 Å². The van der Waals surface area contributed by atoms with E-state index in [0.717, 1.165) is 11.4 Å². The molecule has 94 valence electrons. The molecule has 3 heteroatoms. The molecule has 1 aromatic rings. The van der Waals surface area contributed by atoms with Gasteiger partial charge in [-0.1, -0.05) is 48.1 Å². The van der Waals surface area contributed by atoms with Gasteiger partial charge in [0.15, 0.2) is 0 Å². The van der Waals surface area contributed by atoms with Crippen LogP contribution in [0, 0.1) is 0 Å². The standard InChI is InChI=1S/C14H22N2O/c1-8-12(17)16-11(14(5,6)7)9-10(15-16)13(2,3)4/h8-9H,1H2,2-7H3. The zero-order valence-electron chi connectivity index (χ0n) is 11.7. The Hall–Kier alpha value is -1.38. The summed E-state index contributed by atoms with van der Waals surface area (Å²) in [4.78, 5) is 11.8. The van der Waals surface area contributed by atoms with Gasteiger partial charge in [0.25, 0.3) is 5.91 Å². The molecule has 0 aliphatic heterocycles. The van der Waals surface area contributed by atoms with Crippen molar-refractivity contribution < 1.29 is 4.79 Å². The van der Waals surface area contributed by atoms with Crippen molar-refractivity contribution in [3.8, 4) is 0 Å². The molecule has 0 fully saturated rings. The van der Waals surface area contributed by atoms with Crippen molar-refractivity contribution in [2.24, 2.45) is 0 Å². The topological polar surface area (TPSA) is 34.9 Å². The lowest BCUT2D eigenvalue weighted by Crippen LogP contribution is -2.22. The SMILES string of the molecule is C=CC(=O)n1nc(C(C)(C)C)cc1C(C)(C)C. The Morgan fingerprint density at radius 3 is 2.12 bits per heavy atom. The summed E-state index contributed by atoms with van der Waals surface area (Å²) in [5, 5.41) is 4.41. The van der Waals surface area contributed by atoms with Gasteiger partial charge < -0.3 is 0 Å². The monoisotopic (exact) mass is 234 g/mol. The second kappa shape index (κ2) is 4.13.